The van der Waals surface area contributed by atoms with Crippen LogP contribution in [0.1, 0.15) is 24.5 Å². The number of hydrogen-bond acceptors (Lipinski definition) is 5. The summed E-state index contributed by atoms with van der Waals surface area (Å²) < 4.78 is 12.7. The molecule has 2 aliphatic carbocycles. The summed E-state index contributed by atoms with van der Waals surface area (Å²) in [5.74, 6) is 0.591. The third kappa shape index (κ3) is 4.05. The van der Waals surface area contributed by atoms with Crippen molar-refractivity contribution in [1.82, 2.24) is 5.01 Å². The SMILES string of the molecule is CCOc1cc(C=NN2C(=O)[C@@H]3[C@H](C2=O)[C@H]2C=C[C@H]3C2)cc(I)c1OCc1ccccc1Cl. The maximum Gasteiger partial charge on any atom is 0.254 e. The van der Waals surface area contributed by atoms with E-state index in [1.54, 1.807) is 6.07 Å². The van der Waals surface area contributed by atoms with Gasteiger partial charge in [-0.3, -0.25) is 9.59 Å². The van der Waals surface area contributed by atoms with Crippen LogP contribution < -0.4 is 9.47 Å². The summed E-state index contributed by atoms with van der Waals surface area (Å²) in [5.41, 5.74) is 1.59. The van der Waals surface area contributed by atoms with Crippen molar-refractivity contribution in [1.29, 1.82) is 0 Å². The minimum atomic E-state index is -0.260. The van der Waals surface area contributed by atoms with Crippen LogP contribution in [0.25, 0.3) is 0 Å². The van der Waals surface area contributed by atoms with Gasteiger partial charge in [-0.25, -0.2) is 0 Å². The van der Waals surface area contributed by atoms with Crippen LogP contribution in [0.3, 0.4) is 0 Å². The van der Waals surface area contributed by atoms with Gasteiger partial charge in [0.1, 0.15) is 6.61 Å². The van der Waals surface area contributed by atoms with Gasteiger partial charge in [0.25, 0.3) is 11.8 Å². The van der Waals surface area contributed by atoms with E-state index in [1.807, 2.05) is 37.3 Å². The summed E-state index contributed by atoms with van der Waals surface area (Å²) in [6, 6.07) is 11.2. The molecule has 2 amide bonds. The first-order valence-corrected chi connectivity index (χ1v) is 12.4. The maximum absolute atomic E-state index is 12.8. The van der Waals surface area contributed by atoms with Crippen molar-refractivity contribution in [3.05, 3.63) is 68.3 Å². The van der Waals surface area contributed by atoms with E-state index in [9.17, 15) is 9.59 Å². The molecule has 1 saturated heterocycles. The Morgan fingerprint density at radius 2 is 1.82 bits per heavy atom. The largest absolute Gasteiger partial charge is 0.490 e. The first-order valence-electron chi connectivity index (χ1n) is 10.9. The highest BCUT2D eigenvalue weighted by molar-refractivity contribution is 14.1. The van der Waals surface area contributed by atoms with Crippen LogP contribution >= 0.6 is 34.2 Å². The van der Waals surface area contributed by atoms with E-state index in [0.717, 1.165) is 20.6 Å². The number of halogens is 2. The molecule has 4 atom stereocenters. The number of fused-ring (bicyclic) bond motifs is 5. The fourth-order valence-electron chi connectivity index (χ4n) is 4.96. The molecular formula is C25H22ClIN2O4. The van der Waals surface area contributed by atoms with E-state index in [1.165, 1.54) is 6.21 Å². The van der Waals surface area contributed by atoms with E-state index >= 15 is 0 Å². The number of ether oxygens (including phenoxy) is 2. The van der Waals surface area contributed by atoms with Crippen molar-refractivity contribution >= 4 is 52.2 Å². The van der Waals surface area contributed by atoms with E-state index in [2.05, 4.69) is 39.8 Å². The zero-order valence-corrected chi connectivity index (χ0v) is 20.8. The number of allylic oxidation sites excluding steroid dienone is 2. The average Bonchev–Trinajstić information content (AvgIpc) is 3.47. The average molecular weight is 577 g/mol. The molecule has 33 heavy (non-hydrogen) atoms. The van der Waals surface area contributed by atoms with Crippen LogP contribution in [0.2, 0.25) is 5.02 Å². The first kappa shape index (κ1) is 22.4. The van der Waals surface area contributed by atoms with Gasteiger partial charge >= 0.3 is 0 Å². The summed E-state index contributed by atoms with van der Waals surface area (Å²) in [6.45, 7) is 2.66. The number of hydrogen-bond donors (Lipinski definition) is 0. The normalized spacial score (nSPS) is 25.4. The Kier molecular flexibility index (Phi) is 6.18. The van der Waals surface area contributed by atoms with Crippen LogP contribution in [0.5, 0.6) is 11.5 Å². The van der Waals surface area contributed by atoms with Crippen LogP contribution in [0.15, 0.2) is 53.7 Å². The van der Waals surface area contributed by atoms with Gasteiger partial charge < -0.3 is 9.47 Å². The highest BCUT2D eigenvalue weighted by Crippen LogP contribution is 2.52. The molecule has 2 aromatic carbocycles. The smallest absolute Gasteiger partial charge is 0.254 e. The lowest BCUT2D eigenvalue weighted by Gasteiger charge is -2.15. The molecule has 3 aliphatic rings. The Morgan fingerprint density at radius 3 is 2.48 bits per heavy atom. The van der Waals surface area contributed by atoms with Gasteiger partial charge in [-0.1, -0.05) is 42.0 Å². The van der Waals surface area contributed by atoms with E-state index in [4.69, 9.17) is 21.1 Å². The fourth-order valence-corrected chi connectivity index (χ4v) is 5.93. The Hall–Kier alpha value is -2.39. The summed E-state index contributed by atoms with van der Waals surface area (Å²) in [4.78, 5) is 25.7. The van der Waals surface area contributed by atoms with Gasteiger partial charge in [-0.05, 0) is 71.5 Å². The van der Waals surface area contributed by atoms with Gasteiger partial charge in [-0.15, -0.1) is 0 Å². The van der Waals surface area contributed by atoms with Crippen LogP contribution in [0.4, 0.5) is 0 Å². The fraction of sp³-hybridized carbons (Fsp3) is 0.320. The number of hydrazone groups is 1. The molecule has 1 saturated carbocycles. The summed E-state index contributed by atoms with van der Waals surface area (Å²) in [7, 11) is 0. The Bertz CT molecular complexity index is 1150. The number of carbonyl (C=O) groups excluding carboxylic acids is 2. The van der Waals surface area contributed by atoms with Crippen LogP contribution in [-0.4, -0.2) is 29.6 Å². The van der Waals surface area contributed by atoms with Gasteiger partial charge in [0.15, 0.2) is 11.5 Å². The molecule has 170 valence electrons. The third-order valence-corrected chi connectivity index (χ3v) is 7.60. The zero-order chi connectivity index (χ0) is 23.1. The second-order valence-electron chi connectivity index (χ2n) is 8.38. The lowest BCUT2D eigenvalue weighted by molar-refractivity contribution is -0.140. The summed E-state index contributed by atoms with van der Waals surface area (Å²) >= 11 is 8.43. The molecule has 5 rings (SSSR count). The maximum atomic E-state index is 12.8. The molecule has 2 fully saturated rings. The molecule has 1 heterocycles. The molecule has 0 N–H and O–H groups in total. The monoisotopic (exact) mass is 576 g/mol. The van der Waals surface area contributed by atoms with Crippen molar-refractivity contribution in [2.75, 3.05) is 6.61 Å². The molecule has 8 heteroatoms. The van der Waals surface area contributed by atoms with Crippen molar-refractivity contribution in [2.45, 2.75) is 20.0 Å². The van der Waals surface area contributed by atoms with Crippen molar-refractivity contribution in [3.63, 3.8) is 0 Å². The quantitative estimate of drug-likeness (QED) is 0.200. The molecule has 2 aromatic rings. The van der Waals surface area contributed by atoms with E-state index in [-0.39, 0.29) is 35.5 Å². The van der Waals surface area contributed by atoms with Gasteiger partial charge in [0.05, 0.1) is 28.2 Å². The minimum Gasteiger partial charge on any atom is -0.490 e. The number of benzene rings is 2. The van der Waals surface area contributed by atoms with Gasteiger partial charge in [0, 0.05) is 10.6 Å². The molecule has 0 unspecified atom stereocenters. The van der Waals surface area contributed by atoms with Crippen molar-refractivity contribution in [3.8, 4) is 11.5 Å². The lowest BCUT2D eigenvalue weighted by atomic mass is 9.85. The standard InChI is InChI=1S/C25H22ClIN2O4/c1-2-32-20-10-14(9-19(27)23(20)33-13-17-5-3-4-6-18(17)26)12-28-29-24(30)21-15-7-8-16(11-15)22(21)25(29)31/h3-10,12,15-16,21-22H,2,11,13H2,1H3/t15-,16-,21-,22+/m0/s1. The number of imide groups is 1. The molecule has 2 bridgehead atoms. The van der Waals surface area contributed by atoms with Gasteiger partial charge in [0.2, 0.25) is 0 Å². The van der Waals surface area contributed by atoms with E-state index < -0.39 is 0 Å². The Morgan fingerprint density at radius 1 is 1.12 bits per heavy atom. The molecule has 0 radical (unpaired) electrons. The second-order valence-corrected chi connectivity index (χ2v) is 9.95. The Balaban J connectivity index is 1.36. The highest BCUT2D eigenvalue weighted by atomic mass is 127. The van der Waals surface area contributed by atoms with Crippen LogP contribution in [-0.2, 0) is 16.2 Å². The molecule has 0 aromatic heterocycles. The number of nitrogens with zero attached hydrogens (tertiary/aromatic N) is 2. The number of amides is 2. The van der Waals surface area contributed by atoms with Crippen molar-refractivity contribution in [2.24, 2.45) is 28.8 Å². The van der Waals surface area contributed by atoms with E-state index in [0.29, 0.717) is 35.3 Å². The Labute approximate surface area is 210 Å². The topological polar surface area (TPSA) is 68.2 Å². The molecule has 6 nitrogen and oxygen atoms in total. The predicted octanol–water partition coefficient (Wildman–Crippen LogP) is 5.06. The van der Waals surface area contributed by atoms with Crippen LogP contribution in [0, 0.1) is 27.2 Å². The third-order valence-electron chi connectivity index (χ3n) is 6.43. The minimum absolute atomic E-state index is 0.164. The summed E-state index contributed by atoms with van der Waals surface area (Å²) in [6.07, 6.45) is 6.58. The zero-order valence-electron chi connectivity index (χ0n) is 17.9. The second kappa shape index (κ2) is 9.10. The molecule has 0 spiro atoms. The molecule has 1 aliphatic heterocycles. The summed E-state index contributed by atoms with van der Waals surface area (Å²) in [5, 5.41) is 5.97. The molecular weight excluding hydrogens is 555 g/mol. The predicted molar refractivity (Wildman–Crippen MR) is 133 cm³/mol. The van der Waals surface area contributed by atoms with Gasteiger partial charge in [-0.2, -0.15) is 10.1 Å². The number of carbonyl (C=O) groups is 2. The highest BCUT2D eigenvalue weighted by Gasteiger charge is 2.59. The first-order chi connectivity index (χ1) is 16.0. The van der Waals surface area contributed by atoms with Crippen molar-refractivity contribution < 1.29 is 19.1 Å². The number of rotatable bonds is 7. The lowest BCUT2D eigenvalue weighted by Crippen LogP contribution is -2.28.